The van der Waals surface area contributed by atoms with E-state index in [4.69, 9.17) is 4.42 Å². The van der Waals surface area contributed by atoms with Crippen LogP contribution in [0, 0.1) is 0 Å². The van der Waals surface area contributed by atoms with Crippen molar-refractivity contribution in [2.45, 2.75) is 5.75 Å². The van der Waals surface area contributed by atoms with Gasteiger partial charge in [-0.2, -0.15) is 11.8 Å². The third-order valence-corrected chi connectivity index (χ3v) is 3.83. The summed E-state index contributed by atoms with van der Waals surface area (Å²) in [6.07, 6.45) is 1.86. The van der Waals surface area contributed by atoms with Gasteiger partial charge < -0.3 is 4.42 Å². The van der Waals surface area contributed by atoms with E-state index in [1.807, 2.05) is 0 Å². The lowest BCUT2D eigenvalue weighted by atomic mass is 10.4. The molecule has 0 aliphatic heterocycles. The number of hydrogen-bond donors (Lipinski definition) is 0. The fourth-order valence-electron chi connectivity index (χ4n) is 0.918. The Labute approximate surface area is 93.0 Å². The molecule has 15 heavy (non-hydrogen) atoms. The molecular formula is C9H12O4S2. The van der Waals surface area contributed by atoms with Crippen molar-refractivity contribution >= 4 is 27.9 Å². The Hall–Kier alpha value is -0.750. The Morgan fingerprint density at radius 2 is 2.20 bits per heavy atom. The van der Waals surface area contributed by atoms with Crippen LogP contribution in [-0.4, -0.2) is 32.5 Å². The molecule has 1 rings (SSSR count). The van der Waals surface area contributed by atoms with Crippen LogP contribution in [0.2, 0.25) is 0 Å². The molecule has 0 aliphatic rings. The van der Waals surface area contributed by atoms with Crippen LogP contribution in [-0.2, 0) is 15.6 Å². The third-order valence-electron chi connectivity index (χ3n) is 1.64. The molecule has 1 aromatic heterocycles. The summed E-state index contributed by atoms with van der Waals surface area (Å²) in [6, 6.07) is 3.32. The van der Waals surface area contributed by atoms with Crippen LogP contribution >= 0.6 is 11.8 Å². The SMILES string of the molecule is CS(=O)(=O)CCSCc1ccc(C=O)o1. The van der Waals surface area contributed by atoms with Gasteiger partial charge in [0.1, 0.15) is 15.6 Å². The van der Waals surface area contributed by atoms with Crippen LogP contribution in [0.5, 0.6) is 0 Å². The Morgan fingerprint density at radius 3 is 2.73 bits per heavy atom. The number of rotatable bonds is 6. The summed E-state index contributed by atoms with van der Waals surface area (Å²) in [5.74, 6) is 2.28. The minimum Gasteiger partial charge on any atom is -0.457 e. The normalized spacial score (nSPS) is 11.5. The molecule has 0 saturated heterocycles. The fourth-order valence-corrected chi connectivity index (χ4v) is 3.10. The minimum atomic E-state index is -2.89. The van der Waals surface area contributed by atoms with Crippen molar-refractivity contribution in [2.24, 2.45) is 0 Å². The second kappa shape index (κ2) is 5.37. The van der Waals surface area contributed by atoms with Crippen molar-refractivity contribution in [3.05, 3.63) is 23.7 Å². The lowest BCUT2D eigenvalue weighted by Gasteiger charge is -1.97. The largest absolute Gasteiger partial charge is 0.457 e. The number of furan rings is 1. The van der Waals surface area contributed by atoms with Gasteiger partial charge in [0, 0.05) is 12.0 Å². The Bertz CT molecular complexity index is 419. The van der Waals surface area contributed by atoms with Gasteiger partial charge in [-0.15, -0.1) is 0 Å². The number of hydrogen-bond acceptors (Lipinski definition) is 5. The van der Waals surface area contributed by atoms with Crippen LogP contribution in [0.4, 0.5) is 0 Å². The first-order chi connectivity index (χ1) is 7.01. The zero-order chi connectivity index (χ0) is 11.3. The van der Waals surface area contributed by atoms with E-state index in [0.29, 0.717) is 29.3 Å². The fraction of sp³-hybridized carbons (Fsp3) is 0.444. The molecule has 0 atom stereocenters. The van der Waals surface area contributed by atoms with Gasteiger partial charge >= 0.3 is 0 Å². The van der Waals surface area contributed by atoms with Gasteiger partial charge in [0.25, 0.3) is 0 Å². The number of sulfone groups is 1. The predicted octanol–water partition coefficient (Wildman–Crippen LogP) is 1.37. The maximum atomic E-state index is 10.8. The lowest BCUT2D eigenvalue weighted by molar-refractivity contribution is 0.109. The molecular weight excluding hydrogens is 236 g/mol. The summed E-state index contributed by atoms with van der Waals surface area (Å²) in [6.45, 7) is 0. The van der Waals surface area contributed by atoms with Crippen LogP contribution < -0.4 is 0 Å². The molecule has 0 aliphatic carbocycles. The van der Waals surface area contributed by atoms with E-state index in [0.717, 1.165) is 0 Å². The summed E-state index contributed by atoms with van der Waals surface area (Å²) >= 11 is 1.47. The second-order valence-corrected chi connectivity index (χ2v) is 6.47. The maximum Gasteiger partial charge on any atom is 0.185 e. The smallest absolute Gasteiger partial charge is 0.185 e. The topological polar surface area (TPSA) is 64.3 Å². The number of aldehydes is 1. The molecule has 0 saturated carbocycles. The summed E-state index contributed by atoms with van der Waals surface area (Å²) < 4.78 is 26.7. The van der Waals surface area contributed by atoms with Gasteiger partial charge in [-0.05, 0) is 12.1 Å². The van der Waals surface area contributed by atoms with Crippen molar-refractivity contribution in [1.82, 2.24) is 0 Å². The van der Waals surface area contributed by atoms with Crippen LogP contribution in [0.15, 0.2) is 16.5 Å². The van der Waals surface area contributed by atoms with Crippen molar-refractivity contribution in [3.63, 3.8) is 0 Å². The van der Waals surface area contributed by atoms with Gasteiger partial charge in [0.2, 0.25) is 0 Å². The van der Waals surface area contributed by atoms with Crippen LogP contribution in [0.25, 0.3) is 0 Å². The molecule has 0 radical (unpaired) electrons. The standard InChI is InChI=1S/C9H12O4S2/c1-15(11,12)5-4-14-7-9-3-2-8(6-10)13-9/h2-3,6H,4-5,7H2,1H3. The Kier molecular flexibility index (Phi) is 4.41. The highest BCUT2D eigenvalue weighted by Gasteiger charge is 2.04. The third kappa shape index (κ3) is 5.03. The molecule has 0 bridgehead atoms. The number of carbonyl (C=O) groups excluding carboxylic acids is 1. The van der Waals surface area contributed by atoms with Crippen molar-refractivity contribution in [3.8, 4) is 0 Å². The molecule has 0 spiro atoms. The van der Waals surface area contributed by atoms with Gasteiger partial charge in [0.15, 0.2) is 12.0 Å². The summed E-state index contributed by atoms with van der Waals surface area (Å²) in [7, 11) is -2.89. The van der Waals surface area contributed by atoms with Gasteiger partial charge in [-0.25, -0.2) is 8.42 Å². The molecule has 1 heterocycles. The van der Waals surface area contributed by atoms with Gasteiger partial charge in [-0.1, -0.05) is 0 Å². The molecule has 0 unspecified atom stereocenters. The molecule has 6 heteroatoms. The van der Waals surface area contributed by atoms with E-state index in [2.05, 4.69) is 0 Å². The first-order valence-corrected chi connectivity index (χ1v) is 7.52. The average Bonchev–Trinajstić information content (AvgIpc) is 2.59. The Morgan fingerprint density at radius 1 is 1.47 bits per heavy atom. The highest BCUT2D eigenvalue weighted by molar-refractivity contribution is 7.99. The summed E-state index contributed by atoms with van der Waals surface area (Å²) in [4.78, 5) is 10.3. The quantitative estimate of drug-likeness (QED) is 0.562. The molecule has 0 amide bonds. The zero-order valence-electron chi connectivity index (χ0n) is 8.30. The number of carbonyl (C=O) groups is 1. The van der Waals surface area contributed by atoms with E-state index >= 15 is 0 Å². The Balaban J connectivity index is 2.29. The van der Waals surface area contributed by atoms with Gasteiger partial charge in [0.05, 0.1) is 11.5 Å². The van der Waals surface area contributed by atoms with Crippen molar-refractivity contribution in [1.29, 1.82) is 0 Å². The van der Waals surface area contributed by atoms with Crippen molar-refractivity contribution < 1.29 is 17.6 Å². The average molecular weight is 248 g/mol. The molecule has 0 fully saturated rings. The molecule has 0 N–H and O–H groups in total. The zero-order valence-corrected chi connectivity index (χ0v) is 9.94. The van der Waals surface area contributed by atoms with E-state index in [1.54, 1.807) is 12.1 Å². The summed E-state index contributed by atoms with van der Waals surface area (Å²) in [5, 5.41) is 0. The van der Waals surface area contributed by atoms with Gasteiger partial charge in [-0.3, -0.25) is 4.79 Å². The molecule has 84 valence electrons. The first kappa shape index (κ1) is 12.3. The monoisotopic (exact) mass is 248 g/mol. The minimum absolute atomic E-state index is 0.166. The molecule has 4 nitrogen and oxygen atoms in total. The van der Waals surface area contributed by atoms with Crippen molar-refractivity contribution in [2.75, 3.05) is 17.8 Å². The van der Waals surface area contributed by atoms with E-state index in [9.17, 15) is 13.2 Å². The highest BCUT2D eigenvalue weighted by atomic mass is 32.2. The van der Waals surface area contributed by atoms with E-state index in [-0.39, 0.29) is 5.75 Å². The number of thioether (sulfide) groups is 1. The predicted molar refractivity (Wildman–Crippen MR) is 60.0 cm³/mol. The lowest BCUT2D eigenvalue weighted by Crippen LogP contribution is -2.05. The maximum absolute atomic E-state index is 10.8. The van der Waals surface area contributed by atoms with Crippen LogP contribution in [0.3, 0.4) is 0 Å². The highest BCUT2D eigenvalue weighted by Crippen LogP contribution is 2.14. The molecule has 0 aromatic carbocycles. The summed E-state index contributed by atoms with van der Waals surface area (Å²) in [5.41, 5.74) is 0. The van der Waals surface area contributed by atoms with E-state index in [1.165, 1.54) is 18.0 Å². The van der Waals surface area contributed by atoms with E-state index < -0.39 is 9.84 Å². The molecule has 1 aromatic rings. The first-order valence-electron chi connectivity index (χ1n) is 4.30. The van der Waals surface area contributed by atoms with Crippen LogP contribution in [0.1, 0.15) is 16.3 Å². The second-order valence-electron chi connectivity index (χ2n) is 3.10.